The summed E-state index contributed by atoms with van der Waals surface area (Å²) in [5.41, 5.74) is 1.15. The van der Waals surface area contributed by atoms with Gasteiger partial charge >= 0.3 is 0 Å². The van der Waals surface area contributed by atoms with Gasteiger partial charge in [0, 0.05) is 24.6 Å². The van der Waals surface area contributed by atoms with Crippen LogP contribution in [0.15, 0.2) is 51.9 Å². The quantitative estimate of drug-likeness (QED) is 0.641. The molecule has 1 saturated heterocycles. The van der Waals surface area contributed by atoms with Gasteiger partial charge in [0.05, 0.1) is 4.90 Å². The molecule has 0 unspecified atom stereocenters. The van der Waals surface area contributed by atoms with Gasteiger partial charge in [-0.25, -0.2) is 17.2 Å². The van der Waals surface area contributed by atoms with Crippen LogP contribution < -0.4 is 0 Å². The summed E-state index contributed by atoms with van der Waals surface area (Å²) in [6.07, 6.45) is 1.03. The number of benzene rings is 2. The van der Waals surface area contributed by atoms with Gasteiger partial charge in [-0.05, 0) is 61.7 Å². The lowest BCUT2D eigenvalue weighted by molar-refractivity contribution is 0.270. The fraction of sp³-hybridized carbons (Fsp3) is 0.300. The highest BCUT2D eigenvalue weighted by Crippen LogP contribution is 2.31. The maximum Gasteiger partial charge on any atom is 0.243 e. The number of sulfonamides is 1. The van der Waals surface area contributed by atoms with Crippen molar-refractivity contribution in [3.05, 3.63) is 65.6 Å². The molecule has 1 aliphatic heterocycles. The molecule has 2 heterocycles. The zero-order chi connectivity index (χ0) is 20.6. The molecule has 0 spiro atoms. The topological polar surface area (TPSA) is 76.3 Å². The van der Waals surface area contributed by atoms with E-state index in [4.69, 9.17) is 4.52 Å². The Balaban J connectivity index is 1.47. The van der Waals surface area contributed by atoms with Crippen molar-refractivity contribution in [3.8, 4) is 11.4 Å². The number of halogens is 2. The van der Waals surface area contributed by atoms with Crippen molar-refractivity contribution < 1.29 is 21.7 Å². The molecule has 1 aromatic heterocycles. The fourth-order valence-electron chi connectivity index (χ4n) is 3.45. The lowest BCUT2D eigenvalue weighted by atomic mass is 9.98. The monoisotopic (exact) mass is 419 g/mol. The summed E-state index contributed by atoms with van der Waals surface area (Å²) in [4.78, 5) is 4.38. The van der Waals surface area contributed by atoms with Gasteiger partial charge in [0.2, 0.25) is 21.7 Å². The fourth-order valence-corrected chi connectivity index (χ4v) is 5.16. The van der Waals surface area contributed by atoms with Crippen LogP contribution in [0.25, 0.3) is 11.4 Å². The van der Waals surface area contributed by atoms with Crippen LogP contribution in [0.4, 0.5) is 8.78 Å². The number of aryl methyl sites for hydroxylation is 1. The summed E-state index contributed by atoms with van der Waals surface area (Å²) in [6, 6.07) is 9.55. The Bertz CT molecular complexity index is 1120. The summed E-state index contributed by atoms with van der Waals surface area (Å²) >= 11 is 0. The largest absolute Gasteiger partial charge is 0.339 e. The van der Waals surface area contributed by atoms with Crippen molar-refractivity contribution >= 4 is 10.0 Å². The highest BCUT2D eigenvalue weighted by molar-refractivity contribution is 7.89. The first-order valence-electron chi connectivity index (χ1n) is 9.20. The normalized spacial score (nSPS) is 16.2. The lowest BCUT2D eigenvalue weighted by Gasteiger charge is -2.30. The van der Waals surface area contributed by atoms with Crippen molar-refractivity contribution in [1.29, 1.82) is 0 Å². The Morgan fingerprint density at radius 2 is 1.69 bits per heavy atom. The van der Waals surface area contributed by atoms with Crippen molar-refractivity contribution in [3.63, 3.8) is 0 Å². The predicted octanol–water partition coefficient (Wildman–Crippen LogP) is 3.89. The molecule has 0 N–H and O–H groups in total. The minimum atomic E-state index is -3.77. The maximum atomic E-state index is 13.6. The van der Waals surface area contributed by atoms with E-state index in [0.29, 0.717) is 35.7 Å². The van der Waals surface area contributed by atoms with Crippen LogP contribution >= 0.6 is 0 Å². The first-order valence-corrected chi connectivity index (χ1v) is 10.6. The second kappa shape index (κ2) is 7.64. The molecule has 1 aliphatic rings. The van der Waals surface area contributed by atoms with Gasteiger partial charge in [-0.2, -0.15) is 9.29 Å². The molecule has 6 nitrogen and oxygen atoms in total. The molecule has 9 heteroatoms. The Morgan fingerprint density at radius 1 is 1.03 bits per heavy atom. The molecule has 4 rings (SSSR count). The Labute approximate surface area is 167 Å². The molecule has 0 bridgehead atoms. The minimum absolute atomic E-state index is 0.00710. The number of nitrogens with zero attached hydrogens (tertiary/aromatic N) is 3. The average Bonchev–Trinajstić information content (AvgIpc) is 3.20. The van der Waals surface area contributed by atoms with E-state index in [-0.39, 0.29) is 29.7 Å². The molecule has 0 amide bonds. The molecule has 3 aromatic rings. The van der Waals surface area contributed by atoms with Crippen LogP contribution in [0.1, 0.15) is 30.2 Å². The summed E-state index contributed by atoms with van der Waals surface area (Å²) in [5.74, 6) is -0.201. The smallest absolute Gasteiger partial charge is 0.243 e. The lowest BCUT2D eigenvalue weighted by Crippen LogP contribution is -2.38. The Kier molecular flexibility index (Phi) is 5.18. The van der Waals surface area contributed by atoms with E-state index in [1.165, 1.54) is 28.6 Å². The molecular formula is C20H19F2N3O3S. The maximum absolute atomic E-state index is 13.6. The summed E-state index contributed by atoms with van der Waals surface area (Å²) < 4.78 is 59.1. The predicted molar refractivity (Wildman–Crippen MR) is 102 cm³/mol. The van der Waals surface area contributed by atoms with Crippen molar-refractivity contribution in [2.75, 3.05) is 13.1 Å². The summed E-state index contributed by atoms with van der Waals surface area (Å²) in [7, 11) is -3.77. The van der Waals surface area contributed by atoms with E-state index in [2.05, 4.69) is 10.1 Å². The number of piperidine rings is 1. The first kappa shape index (κ1) is 19.7. The van der Waals surface area contributed by atoms with Crippen LogP contribution in [0, 0.1) is 18.6 Å². The number of hydrogen-bond acceptors (Lipinski definition) is 5. The highest BCUT2D eigenvalue weighted by Gasteiger charge is 2.33. The third kappa shape index (κ3) is 3.92. The van der Waals surface area contributed by atoms with Gasteiger partial charge in [-0.1, -0.05) is 11.2 Å². The Morgan fingerprint density at radius 3 is 2.38 bits per heavy atom. The third-order valence-electron chi connectivity index (χ3n) is 5.12. The molecule has 1 fully saturated rings. The van der Waals surface area contributed by atoms with E-state index in [0.717, 1.165) is 6.07 Å². The Hall–Kier alpha value is -2.65. The molecule has 0 aliphatic carbocycles. The van der Waals surface area contributed by atoms with E-state index < -0.39 is 15.8 Å². The van der Waals surface area contributed by atoms with E-state index >= 15 is 0 Å². The van der Waals surface area contributed by atoms with Gasteiger partial charge in [0.15, 0.2) is 0 Å². The van der Waals surface area contributed by atoms with E-state index in [9.17, 15) is 17.2 Å². The second-order valence-electron chi connectivity index (χ2n) is 7.05. The molecule has 152 valence electrons. The molecule has 0 atom stereocenters. The number of rotatable bonds is 4. The standard InChI is InChI=1S/C20H19F2N3O3S/c1-13-2-5-17(22)12-18(13)29(26,27)25-10-8-15(9-11-25)20-23-19(24-28-20)14-3-6-16(21)7-4-14/h2-7,12,15H,8-11H2,1H3. The zero-order valence-corrected chi connectivity index (χ0v) is 16.5. The molecule has 2 aromatic carbocycles. The SMILES string of the molecule is Cc1ccc(F)cc1S(=O)(=O)N1CCC(c2nc(-c3ccc(F)cc3)no2)CC1. The van der Waals surface area contributed by atoms with Gasteiger partial charge in [0.1, 0.15) is 11.6 Å². The zero-order valence-electron chi connectivity index (χ0n) is 15.7. The highest BCUT2D eigenvalue weighted by atomic mass is 32.2. The van der Waals surface area contributed by atoms with Gasteiger partial charge in [0.25, 0.3) is 0 Å². The van der Waals surface area contributed by atoms with Gasteiger partial charge in [-0.3, -0.25) is 0 Å². The summed E-state index contributed by atoms with van der Waals surface area (Å²) in [5, 5.41) is 3.95. The van der Waals surface area contributed by atoms with Crippen LogP contribution in [0.3, 0.4) is 0 Å². The first-order chi connectivity index (χ1) is 13.8. The van der Waals surface area contributed by atoms with Crippen LogP contribution in [0.2, 0.25) is 0 Å². The number of hydrogen-bond donors (Lipinski definition) is 0. The molecular weight excluding hydrogens is 400 g/mol. The summed E-state index contributed by atoms with van der Waals surface area (Å²) in [6.45, 7) is 2.20. The van der Waals surface area contributed by atoms with E-state index in [1.807, 2.05) is 0 Å². The van der Waals surface area contributed by atoms with Crippen molar-refractivity contribution in [2.24, 2.45) is 0 Å². The van der Waals surface area contributed by atoms with Crippen molar-refractivity contribution in [2.45, 2.75) is 30.6 Å². The number of aromatic nitrogens is 2. The van der Waals surface area contributed by atoms with Gasteiger partial charge < -0.3 is 4.52 Å². The third-order valence-corrected chi connectivity index (χ3v) is 7.16. The molecule has 29 heavy (non-hydrogen) atoms. The minimum Gasteiger partial charge on any atom is -0.339 e. The van der Waals surface area contributed by atoms with E-state index in [1.54, 1.807) is 19.1 Å². The molecule has 0 radical (unpaired) electrons. The molecule has 0 saturated carbocycles. The van der Waals surface area contributed by atoms with Gasteiger partial charge in [-0.15, -0.1) is 0 Å². The van der Waals surface area contributed by atoms with Crippen LogP contribution in [-0.4, -0.2) is 36.0 Å². The second-order valence-corrected chi connectivity index (χ2v) is 8.96. The van der Waals surface area contributed by atoms with Crippen molar-refractivity contribution in [1.82, 2.24) is 14.4 Å². The van der Waals surface area contributed by atoms with Crippen LogP contribution in [0.5, 0.6) is 0 Å². The van der Waals surface area contributed by atoms with Crippen LogP contribution in [-0.2, 0) is 10.0 Å². The average molecular weight is 419 g/mol.